The van der Waals surface area contributed by atoms with Crippen LogP contribution in [0.4, 0.5) is 0 Å². The highest BCUT2D eigenvalue weighted by atomic mass is 32.3. The zero-order valence-corrected chi connectivity index (χ0v) is 12.9. The minimum atomic E-state index is -4.12. The van der Waals surface area contributed by atoms with Crippen LogP contribution >= 0.6 is 0 Å². The van der Waals surface area contributed by atoms with E-state index in [2.05, 4.69) is 0 Å². The number of carboxylic acids is 1. The van der Waals surface area contributed by atoms with Crippen molar-refractivity contribution in [3.63, 3.8) is 0 Å². The van der Waals surface area contributed by atoms with Gasteiger partial charge in [-0.2, -0.15) is 4.31 Å². The van der Waals surface area contributed by atoms with Gasteiger partial charge in [0.05, 0.1) is 0 Å². The molecular formula is C11H19NO6S2. The number of fused-ring (bicyclic) bond motifs is 1. The summed E-state index contributed by atoms with van der Waals surface area (Å²) in [6.07, 6.45) is 4.35. The highest BCUT2D eigenvalue weighted by Gasteiger charge is 2.51. The average molecular weight is 325 g/mol. The minimum absolute atomic E-state index is 0.0270. The van der Waals surface area contributed by atoms with Crippen molar-refractivity contribution in [2.75, 3.05) is 11.3 Å². The van der Waals surface area contributed by atoms with Gasteiger partial charge in [0.15, 0.2) is 14.9 Å². The van der Waals surface area contributed by atoms with Crippen LogP contribution < -0.4 is 0 Å². The van der Waals surface area contributed by atoms with E-state index in [-0.39, 0.29) is 18.4 Å². The van der Waals surface area contributed by atoms with Gasteiger partial charge in [-0.25, -0.2) is 16.8 Å². The van der Waals surface area contributed by atoms with Crippen LogP contribution in [0.3, 0.4) is 0 Å². The van der Waals surface area contributed by atoms with E-state index in [9.17, 15) is 26.7 Å². The van der Waals surface area contributed by atoms with Crippen molar-refractivity contribution in [2.24, 2.45) is 5.92 Å². The molecule has 1 saturated carbocycles. The summed E-state index contributed by atoms with van der Waals surface area (Å²) in [5.74, 6) is -1.17. The van der Waals surface area contributed by atoms with Gasteiger partial charge in [-0.15, -0.1) is 0 Å². The molecule has 3 atom stereocenters. The zero-order chi connectivity index (χ0) is 15.1. The normalized spacial score (nSPS) is 31.9. The second kappa shape index (κ2) is 5.27. The molecule has 0 radical (unpaired) electrons. The van der Waals surface area contributed by atoms with Crippen molar-refractivity contribution in [2.45, 2.75) is 44.2 Å². The fourth-order valence-corrected chi connectivity index (χ4v) is 7.27. The standard InChI is InChI=1S/C11H19NO6S2/c1-19(15,16)7-20(17,18)12-9-5-3-2-4-8(9)6-10(12)11(13)14/h8-10H,2-7H2,1H3,(H,13,14). The number of nitrogens with zero attached hydrogens (tertiary/aromatic N) is 1. The van der Waals surface area contributed by atoms with Crippen molar-refractivity contribution < 1.29 is 26.7 Å². The molecule has 1 N–H and O–H groups in total. The van der Waals surface area contributed by atoms with E-state index in [1.165, 1.54) is 0 Å². The molecule has 0 amide bonds. The van der Waals surface area contributed by atoms with Crippen LogP contribution in [0.15, 0.2) is 0 Å². The summed E-state index contributed by atoms with van der Waals surface area (Å²) in [6.45, 7) is 0. The third kappa shape index (κ3) is 3.15. The number of sulfonamides is 1. The van der Waals surface area contributed by atoms with E-state index in [1.807, 2.05) is 0 Å². The van der Waals surface area contributed by atoms with Crippen molar-refractivity contribution in [3.8, 4) is 0 Å². The second-order valence-corrected chi connectivity index (χ2v) is 10.1. The van der Waals surface area contributed by atoms with Crippen molar-refractivity contribution in [1.82, 2.24) is 4.31 Å². The predicted octanol–water partition coefficient (Wildman–Crippen LogP) is 0.0360. The fraction of sp³-hybridized carbons (Fsp3) is 0.909. The van der Waals surface area contributed by atoms with E-state index in [0.29, 0.717) is 6.42 Å². The molecule has 2 rings (SSSR count). The molecule has 0 aromatic rings. The number of hydrogen-bond donors (Lipinski definition) is 1. The van der Waals surface area contributed by atoms with Crippen LogP contribution in [0.2, 0.25) is 0 Å². The van der Waals surface area contributed by atoms with Gasteiger partial charge in [-0.05, 0) is 25.2 Å². The Hall–Kier alpha value is -0.670. The molecule has 1 heterocycles. The maximum Gasteiger partial charge on any atom is 0.322 e. The molecule has 2 aliphatic rings. The quantitative estimate of drug-likeness (QED) is 0.781. The smallest absolute Gasteiger partial charge is 0.322 e. The first-order valence-corrected chi connectivity index (χ1v) is 10.2. The maximum absolute atomic E-state index is 12.3. The van der Waals surface area contributed by atoms with Crippen LogP contribution in [-0.2, 0) is 24.7 Å². The molecule has 9 heteroatoms. The van der Waals surface area contributed by atoms with Gasteiger partial charge in [0.1, 0.15) is 6.04 Å². The highest BCUT2D eigenvalue weighted by Crippen LogP contribution is 2.41. The van der Waals surface area contributed by atoms with Crippen molar-refractivity contribution >= 4 is 25.8 Å². The number of carboxylic acid groups (broad SMARTS) is 1. The van der Waals surface area contributed by atoms with E-state index >= 15 is 0 Å². The van der Waals surface area contributed by atoms with E-state index in [1.54, 1.807) is 0 Å². The molecule has 0 aromatic carbocycles. The maximum atomic E-state index is 12.3. The molecule has 1 aliphatic heterocycles. The lowest BCUT2D eigenvalue weighted by molar-refractivity contribution is -0.140. The number of rotatable bonds is 4. The van der Waals surface area contributed by atoms with Crippen LogP contribution in [0, 0.1) is 5.92 Å². The molecule has 1 saturated heterocycles. The Bertz CT molecular complexity index is 596. The Morgan fingerprint density at radius 3 is 2.35 bits per heavy atom. The molecule has 0 bridgehead atoms. The highest BCUT2D eigenvalue weighted by molar-refractivity contribution is 8.06. The second-order valence-electron chi connectivity index (χ2n) is 5.69. The summed E-state index contributed by atoms with van der Waals surface area (Å²) < 4.78 is 48.1. The Morgan fingerprint density at radius 1 is 1.20 bits per heavy atom. The fourth-order valence-electron chi connectivity index (χ4n) is 3.36. The molecule has 1 aliphatic carbocycles. The van der Waals surface area contributed by atoms with Crippen molar-refractivity contribution in [1.29, 1.82) is 0 Å². The van der Waals surface area contributed by atoms with Crippen LogP contribution in [0.1, 0.15) is 32.1 Å². The van der Waals surface area contributed by atoms with Gasteiger partial charge < -0.3 is 5.11 Å². The third-order valence-corrected chi connectivity index (χ3v) is 8.07. The first-order chi connectivity index (χ1) is 9.12. The third-order valence-electron chi connectivity index (χ3n) is 4.00. The summed E-state index contributed by atoms with van der Waals surface area (Å²) in [4.78, 5) is 11.3. The van der Waals surface area contributed by atoms with Crippen LogP contribution in [0.5, 0.6) is 0 Å². The molecule has 116 valence electrons. The summed E-state index contributed by atoms with van der Waals surface area (Å²) in [5.41, 5.74) is 0. The molecule has 0 spiro atoms. The van der Waals surface area contributed by atoms with Gasteiger partial charge in [-0.1, -0.05) is 12.8 Å². The lowest BCUT2D eigenvalue weighted by Crippen LogP contribution is -2.47. The van der Waals surface area contributed by atoms with Gasteiger partial charge in [0, 0.05) is 12.3 Å². The topological polar surface area (TPSA) is 109 Å². The summed E-state index contributed by atoms with van der Waals surface area (Å²) >= 11 is 0. The van der Waals surface area contributed by atoms with Gasteiger partial charge in [0.2, 0.25) is 10.0 Å². The average Bonchev–Trinajstić information content (AvgIpc) is 2.65. The minimum Gasteiger partial charge on any atom is -0.480 e. The molecular weight excluding hydrogens is 306 g/mol. The number of sulfone groups is 1. The van der Waals surface area contributed by atoms with Gasteiger partial charge >= 0.3 is 5.97 Å². The molecule has 2 fully saturated rings. The monoisotopic (exact) mass is 325 g/mol. The zero-order valence-electron chi connectivity index (χ0n) is 11.2. The lowest BCUT2D eigenvalue weighted by atomic mass is 9.85. The first-order valence-electron chi connectivity index (χ1n) is 6.53. The van der Waals surface area contributed by atoms with Gasteiger partial charge in [-0.3, -0.25) is 4.79 Å². The van der Waals surface area contributed by atoms with Crippen LogP contribution in [-0.4, -0.2) is 55.6 Å². The lowest BCUT2D eigenvalue weighted by Gasteiger charge is -2.31. The number of aliphatic carboxylic acids is 1. The van der Waals surface area contributed by atoms with Crippen molar-refractivity contribution in [3.05, 3.63) is 0 Å². The summed E-state index contributed by atoms with van der Waals surface area (Å²) in [6, 6.07) is -1.49. The van der Waals surface area contributed by atoms with E-state index < -0.39 is 37.0 Å². The molecule has 0 aromatic heterocycles. The summed E-state index contributed by atoms with van der Waals surface area (Å²) in [5, 5.41) is 8.22. The SMILES string of the molecule is CS(=O)(=O)CS(=O)(=O)N1C(C(=O)O)CC2CCCCC21. The Balaban J connectivity index is 2.36. The molecule has 7 nitrogen and oxygen atoms in total. The summed E-state index contributed by atoms with van der Waals surface area (Å²) in [7, 11) is -7.85. The molecule has 3 unspecified atom stereocenters. The van der Waals surface area contributed by atoms with Gasteiger partial charge in [0.25, 0.3) is 0 Å². The number of hydrogen-bond acceptors (Lipinski definition) is 5. The predicted molar refractivity (Wildman–Crippen MR) is 72.3 cm³/mol. The van der Waals surface area contributed by atoms with E-state index in [4.69, 9.17) is 0 Å². The van der Waals surface area contributed by atoms with E-state index in [0.717, 1.165) is 29.8 Å². The van der Waals surface area contributed by atoms with Crippen LogP contribution in [0.25, 0.3) is 0 Å². The largest absolute Gasteiger partial charge is 0.480 e. The Kier molecular flexibility index (Phi) is 4.14. The number of carbonyl (C=O) groups is 1. The first kappa shape index (κ1) is 15.7. The Morgan fingerprint density at radius 2 is 1.80 bits per heavy atom. The Labute approximate surface area is 118 Å². The molecule has 20 heavy (non-hydrogen) atoms.